The predicted octanol–water partition coefficient (Wildman–Crippen LogP) is 3.20. The molecule has 1 aromatic carbocycles. The summed E-state index contributed by atoms with van der Waals surface area (Å²) in [5.74, 6) is -13.4. The summed E-state index contributed by atoms with van der Waals surface area (Å²) in [7, 11) is -3.82. The van der Waals surface area contributed by atoms with Crippen LogP contribution in [0, 0.1) is 11.8 Å². The molecule has 3 rings (SSSR count). The van der Waals surface area contributed by atoms with Gasteiger partial charge in [-0.15, -0.1) is 0 Å². The van der Waals surface area contributed by atoms with Gasteiger partial charge in [0.25, 0.3) is 5.91 Å². The van der Waals surface area contributed by atoms with Crippen LogP contribution in [0.3, 0.4) is 0 Å². The highest BCUT2D eigenvalue weighted by Crippen LogP contribution is 2.43. The van der Waals surface area contributed by atoms with Gasteiger partial charge in [-0.1, -0.05) is 27.7 Å². The molecule has 18 heteroatoms. The van der Waals surface area contributed by atoms with Crippen molar-refractivity contribution in [2.24, 2.45) is 11.8 Å². The number of benzene rings is 1. The van der Waals surface area contributed by atoms with E-state index in [4.69, 9.17) is 4.74 Å². The van der Waals surface area contributed by atoms with Gasteiger partial charge in [0, 0.05) is 32.1 Å². The van der Waals surface area contributed by atoms with E-state index in [9.17, 15) is 49.5 Å². The molecule has 0 unspecified atom stereocenters. The number of allylic oxidation sites excluding steroid dienone is 2. The van der Waals surface area contributed by atoms with Gasteiger partial charge in [0.15, 0.2) is 0 Å². The van der Waals surface area contributed by atoms with Crippen LogP contribution >= 0.6 is 0 Å². The molecule has 48 heavy (non-hydrogen) atoms. The first-order valence-corrected chi connectivity index (χ1v) is 16.6. The minimum absolute atomic E-state index is 0.0142. The Hall–Kier alpha value is -3.64. The van der Waals surface area contributed by atoms with Crippen LogP contribution in [0.2, 0.25) is 0 Å². The van der Waals surface area contributed by atoms with E-state index in [1.165, 1.54) is 42.4 Å². The van der Waals surface area contributed by atoms with Gasteiger partial charge in [-0.25, -0.2) is 8.42 Å². The molecule has 1 aromatic rings. The standard InChI is InChI=1S/C30H39F5N4O8S/c1-17(2)23(25(47-19(5)40)29(31,32)30(33,34)35)36-27(42)22-7-6-12-39(22)28(43)24(18(3)4)37-26(41)20-8-10-21(11-9-20)48(44,45)38-13-15-46-16-14-38/h8-11,17-18,22,24H,6-7,12-16H2,1-5H3,(H,36,42)(H,37,41)/b25-23-/t22-,24-/m0/s1. The zero-order chi connectivity index (χ0) is 36.2. The van der Waals surface area contributed by atoms with Crippen molar-refractivity contribution in [3.8, 4) is 0 Å². The number of esters is 1. The first-order valence-electron chi connectivity index (χ1n) is 15.2. The average Bonchev–Trinajstić information content (AvgIpc) is 3.51. The number of carbonyl (C=O) groups excluding carboxylic acids is 4. The number of rotatable bonds is 11. The lowest BCUT2D eigenvalue weighted by Gasteiger charge is -2.31. The zero-order valence-electron chi connectivity index (χ0n) is 27.0. The molecule has 268 valence electrons. The van der Waals surface area contributed by atoms with Gasteiger partial charge in [-0.3, -0.25) is 19.2 Å². The van der Waals surface area contributed by atoms with Crippen molar-refractivity contribution in [1.29, 1.82) is 0 Å². The summed E-state index contributed by atoms with van der Waals surface area (Å²) in [6.45, 7) is 7.17. The van der Waals surface area contributed by atoms with Crippen LogP contribution in [0.15, 0.2) is 40.6 Å². The Morgan fingerprint density at radius 2 is 1.54 bits per heavy atom. The lowest BCUT2D eigenvalue weighted by atomic mass is 10.0. The number of carbonyl (C=O) groups is 4. The van der Waals surface area contributed by atoms with Crippen molar-refractivity contribution in [1.82, 2.24) is 19.8 Å². The monoisotopic (exact) mass is 710 g/mol. The number of likely N-dealkylation sites (tertiary alicyclic amines) is 1. The molecule has 0 saturated carbocycles. The van der Waals surface area contributed by atoms with Gasteiger partial charge in [-0.05, 0) is 48.9 Å². The molecule has 2 saturated heterocycles. The molecule has 2 aliphatic heterocycles. The van der Waals surface area contributed by atoms with Crippen molar-refractivity contribution >= 4 is 33.7 Å². The fraction of sp³-hybridized carbons (Fsp3) is 0.600. The van der Waals surface area contributed by atoms with Gasteiger partial charge in [0.05, 0.1) is 23.8 Å². The Bertz CT molecular complexity index is 1510. The maximum absolute atomic E-state index is 14.5. The van der Waals surface area contributed by atoms with Crippen molar-refractivity contribution in [2.75, 3.05) is 32.8 Å². The number of ether oxygens (including phenoxy) is 2. The maximum atomic E-state index is 14.5. The van der Waals surface area contributed by atoms with Gasteiger partial charge in [0.2, 0.25) is 27.6 Å². The second-order valence-corrected chi connectivity index (χ2v) is 13.9. The lowest BCUT2D eigenvalue weighted by molar-refractivity contribution is -0.276. The van der Waals surface area contributed by atoms with Gasteiger partial charge in [0.1, 0.15) is 12.1 Å². The number of halogens is 5. The second kappa shape index (κ2) is 15.3. The van der Waals surface area contributed by atoms with Crippen LogP contribution in [0.25, 0.3) is 0 Å². The smallest absolute Gasteiger partial charge is 0.422 e. The third kappa shape index (κ3) is 8.68. The summed E-state index contributed by atoms with van der Waals surface area (Å²) in [6, 6.07) is 2.58. The van der Waals surface area contributed by atoms with E-state index in [0.717, 1.165) is 4.90 Å². The van der Waals surface area contributed by atoms with Crippen LogP contribution in [0.5, 0.6) is 0 Å². The maximum Gasteiger partial charge on any atom is 0.461 e. The molecule has 0 aliphatic carbocycles. The SMILES string of the molecule is CC(=O)O/C(=C(\NC(=O)[C@@H]1CCCN1C(=O)[C@@H](NC(=O)c1ccc(S(=O)(=O)N2CCOCC2)cc1)C(C)C)C(C)C)C(F)(F)C(F)(F)F. The molecule has 2 heterocycles. The number of nitrogens with zero attached hydrogens (tertiary/aromatic N) is 2. The van der Waals surface area contributed by atoms with E-state index in [0.29, 0.717) is 6.92 Å². The third-order valence-corrected chi connectivity index (χ3v) is 9.66. The molecule has 0 radical (unpaired) electrons. The summed E-state index contributed by atoms with van der Waals surface area (Å²) < 4.78 is 105. The summed E-state index contributed by atoms with van der Waals surface area (Å²) in [4.78, 5) is 52.8. The molecule has 12 nitrogen and oxygen atoms in total. The van der Waals surface area contributed by atoms with Crippen LogP contribution in [-0.4, -0.2) is 98.3 Å². The minimum atomic E-state index is -6.15. The molecule has 0 bridgehead atoms. The molecule has 3 amide bonds. The molecule has 2 atom stereocenters. The van der Waals surface area contributed by atoms with E-state index in [2.05, 4.69) is 10.1 Å². The quantitative estimate of drug-likeness (QED) is 0.202. The van der Waals surface area contributed by atoms with Crippen LogP contribution in [-0.2, 0) is 33.9 Å². The Labute approximate surface area is 275 Å². The lowest BCUT2D eigenvalue weighted by Crippen LogP contribution is -2.55. The van der Waals surface area contributed by atoms with Crippen molar-refractivity contribution in [3.05, 3.63) is 41.3 Å². The number of amides is 3. The first kappa shape index (κ1) is 38.8. The zero-order valence-corrected chi connectivity index (χ0v) is 27.8. The highest BCUT2D eigenvalue weighted by atomic mass is 32.2. The van der Waals surface area contributed by atoms with Crippen molar-refractivity contribution < 1.29 is 59.0 Å². The predicted molar refractivity (Wildman–Crippen MR) is 160 cm³/mol. The molecular weight excluding hydrogens is 671 g/mol. The topological polar surface area (TPSA) is 151 Å². The normalized spacial score (nSPS) is 19.2. The Kier molecular flexibility index (Phi) is 12.4. The van der Waals surface area contributed by atoms with E-state index >= 15 is 0 Å². The number of sulfonamides is 1. The number of hydrogen-bond acceptors (Lipinski definition) is 8. The second-order valence-electron chi connectivity index (χ2n) is 12.0. The fourth-order valence-electron chi connectivity index (χ4n) is 5.17. The number of morpholine rings is 1. The highest BCUT2D eigenvalue weighted by Gasteiger charge is 2.63. The van der Waals surface area contributed by atoms with Crippen LogP contribution in [0.1, 0.15) is 57.8 Å². The highest BCUT2D eigenvalue weighted by molar-refractivity contribution is 7.89. The molecule has 2 fully saturated rings. The Morgan fingerprint density at radius 3 is 2.04 bits per heavy atom. The van der Waals surface area contributed by atoms with Crippen molar-refractivity contribution in [3.63, 3.8) is 0 Å². The van der Waals surface area contributed by atoms with Crippen molar-refractivity contribution in [2.45, 2.75) is 76.5 Å². The number of nitrogens with one attached hydrogen (secondary N) is 2. The van der Waals surface area contributed by atoms with E-state index < -0.39 is 81.2 Å². The Balaban J connectivity index is 1.82. The molecular formula is C30H39F5N4O8S. The molecule has 2 aliphatic rings. The Morgan fingerprint density at radius 1 is 0.958 bits per heavy atom. The van der Waals surface area contributed by atoms with Crippen LogP contribution in [0.4, 0.5) is 22.0 Å². The van der Waals surface area contributed by atoms with Gasteiger partial charge < -0.3 is 25.0 Å². The van der Waals surface area contributed by atoms with Gasteiger partial charge in [-0.2, -0.15) is 26.3 Å². The van der Waals surface area contributed by atoms with E-state index in [-0.39, 0.29) is 56.1 Å². The third-order valence-electron chi connectivity index (χ3n) is 7.75. The average molecular weight is 711 g/mol. The molecule has 0 spiro atoms. The summed E-state index contributed by atoms with van der Waals surface area (Å²) in [5.41, 5.74) is -0.940. The first-order chi connectivity index (χ1) is 22.2. The van der Waals surface area contributed by atoms with Crippen LogP contribution < -0.4 is 10.6 Å². The fourth-order valence-corrected chi connectivity index (χ4v) is 6.58. The van der Waals surface area contributed by atoms with Gasteiger partial charge >= 0.3 is 18.1 Å². The summed E-state index contributed by atoms with van der Waals surface area (Å²) >= 11 is 0. The minimum Gasteiger partial charge on any atom is -0.422 e. The number of hydrogen-bond donors (Lipinski definition) is 2. The number of alkyl halides is 5. The molecule has 0 aromatic heterocycles. The summed E-state index contributed by atoms with van der Waals surface area (Å²) in [5, 5.41) is 4.64. The van der Waals surface area contributed by atoms with E-state index in [1.807, 2.05) is 5.32 Å². The van der Waals surface area contributed by atoms with E-state index in [1.54, 1.807) is 13.8 Å². The summed E-state index contributed by atoms with van der Waals surface area (Å²) in [6.07, 6.45) is -5.85. The largest absolute Gasteiger partial charge is 0.461 e. The molecule has 2 N–H and O–H groups in total.